The molecular weight excluding hydrogens is 310 g/mol. The topological polar surface area (TPSA) is 46.2 Å². The molecule has 2 rings (SSSR count). The lowest BCUT2D eigenvalue weighted by molar-refractivity contribution is -0.134. The molecule has 0 aliphatic rings. The molecule has 0 unspecified atom stereocenters. The number of amides is 1. The SMILES string of the molecule is CC(C)c1cccc(C(C)C)c1NC(=O)C(=O)CCc1ccccc1. The van der Waals surface area contributed by atoms with Crippen molar-refractivity contribution < 1.29 is 9.59 Å². The fraction of sp³-hybridized carbons (Fsp3) is 0.364. The first-order chi connectivity index (χ1) is 11.9. The Kier molecular flexibility index (Phi) is 6.51. The number of carbonyl (C=O) groups is 2. The van der Waals surface area contributed by atoms with E-state index in [4.69, 9.17) is 0 Å². The van der Waals surface area contributed by atoms with Crippen LogP contribution in [0.1, 0.15) is 62.6 Å². The summed E-state index contributed by atoms with van der Waals surface area (Å²) >= 11 is 0. The van der Waals surface area contributed by atoms with Crippen LogP contribution in [0.15, 0.2) is 48.5 Å². The zero-order valence-corrected chi connectivity index (χ0v) is 15.5. The van der Waals surface area contributed by atoms with E-state index < -0.39 is 5.91 Å². The Labute approximate surface area is 150 Å². The first-order valence-corrected chi connectivity index (χ1v) is 8.91. The number of nitrogens with one attached hydrogen (secondary N) is 1. The largest absolute Gasteiger partial charge is 0.319 e. The van der Waals surface area contributed by atoms with E-state index in [9.17, 15) is 9.59 Å². The van der Waals surface area contributed by atoms with E-state index in [1.54, 1.807) is 0 Å². The number of aryl methyl sites for hydroxylation is 1. The molecule has 132 valence electrons. The molecular formula is C22H27NO2. The van der Waals surface area contributed by atoms with Crippen molar-refractivity contribution in [1.29, 1.82) is 0 Å². The van der Waals surface area contributed by atoms with E-state index in [-0.39, 0.29) is 24.0 Å². The van der Waals surface area contributed by atoms with Crippen LogP contribution >= 0.6 is 0 Å². The summed E-state index contributed by atoms with van der Waals surface area (Å²) in [5.41, 5.74) is 3.99. The lowest BCUT2D eigenvalue weighted by atomic mass is 9.92. The number of carbonyl (C=O) groups excluding carboxylic acids is 2. The maximum Gasteiger partial charge on any atom is 0.291 e. The van der Waals surface area contributed by atoms with Crippen LogP contribution in [0.25, 0.3) is 0 Å². The molecule has 0 aliphatic heterocycles. The minimum Gasteiger partial charge on any atom is -0.319 e. The third-order valence-corrected chi connectivity index (χ3v) is 4.35. The van der Waals surface area contributed by atoms with Crippen LogP contribution in [0.4, 0.5) is 5.69 Å². The van der Waals surface area contributed by atoms with E-state index in [0.29, 0.717) is 6.42 Å². The first-order valence-electron chi connectivity index (χ1n) is 8.91. The Balaban J connectivity index is 2.12. The summed E-state index contributed by atoms with van der Waals surface area (Å²) in [6.07, 6.45) is 0.798. The van der Waals surface area contributed by atoms with Crippen LogP contribution in [0.2, 0.25) is 0 Å². The summed E-state index contributed by atoms with van der Waals surface area (Å²) < 4.78 is 0. The van der Waals surface area contributed by atoms with Crippen molar-refractivity contribution in [2.75, 3.05) is 5.32 Å². The van der Waals surface area contributed by atoms with Crippen LogP contribution in [-0.4, -0.2) is 11.7 Å². The van der Waals surface area contributed by atoms with Gasteiger partial charge in [0.25, 0.3) is 5.91 Å². The van der Waals surface area contributed by atoms with Crippen molar-refractivity contribution in [2.24, 2.45) is 0 Å². The van der Waals surface area contributed by atoms with Crippen molar-refractivity contribution in [3.05, 3.63) is 65.2 Å². The number of benzene rings is 2. The molecule has 0 bridgehead atoms. The fourth-order valence-corrected chi connectivity index (χ4v) is 2.89. The number of Topliss-reactive ketones (excluding diaryl/α,β-unsaturated/α-hetero) is 1. The molecule has 1 amide bonds. The summed E-state index contributed by atoms with van der Waals surface area (Å²) in [5, 5.41) is 2.89. The normalized spacial score (nSPS) is 11.0. The number of rotatable bonds is 7. The van der Waals surface area contributed by atoms with Crippen molar-refractivity contribution in [3.8, 4) is 0 Å². The van der Waals surface area contributed by atoms with Gasteiger partial charge in [0, 0.05) is 12.1 Å². The van der Waals surface area contributed by atoms with E-state index in [2.05, 4.69) is 33.0 Å². The van der Waals surface area contributed by atoms with Gasteiger partial charge in [-0.05, 0) is 34.9 Å². The molecule has 0 fully saturated rings. The second kappa shape index (κ2) is 8.61. The number of hydrogen-bond donors (Lipinski definition) is 1. The van der Waals surface area contributed by atoms with Crippen LogP contribution in [0.5, 0.6) is 0 Å². The highest BCUT2D eigenvalue weighted by molar-refractivity contribution is 6.40. The van der Waals surface area contributed by atoms with Crippen LogP contribution < -0.4 is 5.32 Å². The first kappa shape index (κ1) is 18.9. The van der Waals surface area contributed by atoms with Gasteiger partial charge >= 0.3 is 0 Å². The van der Waals surface area contributed by atoms with Crippen molar-refractivity contribution in [3.63, 3.8) is 0 Å². The van der Waals surface area contributed by atoms with Gasteiger partial charge < -0.3 is 5.32 Å². The van der Waals surface area contributed by atoms with Gasteiger partial charge in [-0.3, -0.25) is 9.59 Å². The number of hydrogen-bond acceptors (Lipinski definition) is 2. The second-order valence-corrected chi connectivity index (χ2v) is 6.98. The maximum atomic E-state index is 12.4. The van der Waals surface area contributed by atoms with Gasteiger partial charge in [0.1, 0.15) is 0 Å². The quantitative estimate of drug-likeness (QED) is 0.717. The standard InChI is InChI=1S/C22H27NO2/c1-15(2)18-11-8-12-19(16(3)4)21(18)23-22(25)20(24)14-13-17-9-6-5-7-10-17/h5-12,15-16H,13-14H2,1-4H3,(H,23,25). The Morgan fingerprint density at radius 3 is 1.92 bits per heavy atom. The highest BCUT2D eigenvalue weighted by Crippen LogP contribution is 2.32. The average Bonchev–Trinajstić information content (AvgIpc) is 2.60. The molecule has 0 aromatic heterocycles. The molecule has 3 heteroatoms. The highest BCUT2D eigenvalue weighted by atomic mass is 16.2. The monoisotopic (exact) mass is 337 g/mol. The van der Waals surface area contributed by atoms with Gasteiger partial charge in [-0.1, -0.05) is 76.2 Å². The summed E-state index contributed by atoms with van der Waals surface area (Å²) in [5.74, 6) is -0.357. The van der Waals surface area contributed by atoms with Crippen LogP contribution in [-0.2, 0) is 16.0 Å². The van der Waals surface area contributed by atoms with Gasteiger partial charge in [0.15, 0.2) is 0 Å². The average molecular weight is 337 g/mol. The Morgan fingerprint density at radius 1 is 0.840 bits per heavy atom. The van der Waals surface area contributed by atoms with Crippen LogP contribution in [0.3, 0.4) is 0 Å². The Bertz CT molecular complexity index is 707. The van der Waals surface area contributed by atoms with Gasteiger partial charge in [-0.15, -0.1) is 0 Å². The maximum absolute atomic E-state index is 12.4. The lowest BCUT2D eigenvalue weighted by Crippen LogP contribution is -2.24. The number of ketones is 1. The third-order valence-electron chi connectivity index (χ3n) is 4.35. The van der Waals surface area contributed by atoms with Crippen molar-refractivity contribution in [2.45, 2.75) is 52.4 Å². The predicted molar refractivity (Wildman–Crippen MR) is 103 cm³/mol. The van der Waals surface area contributed by atoms with Gasteiger partial charge in [-0.2, -0.15) is 0 Å². The zero-order valence-electron chi connectivity index (χ0n) is 15.5. The summed E-state index contributed by atoms with van der Waals surface area (Å²) in [4.78, 5) is 24.7. The molecule has 2 aromatic carbocycles. The predicted octanol–water partition coefficient (Wildman–Crippen LogP) is 5.07. The van der Waals surface area contributed by atoms with E-state index in [0.717, 1.165) is 22.4 Å². The highest BCUT2D eigenvalue weighted by Gasteiger charge is 2.19. The third kappa shape index (κ3) is 5.02. The summed E-state index contributed by atoms with van der Waals surface area (Å²) in [7, 11) is 0. The van der Waals surface area contributed by atoms with E-state index in [1.165, 1.54) is 0 Å². The molecule has 0 saturated carbocycles. The molecule has 3 nitrogen and oxygen atoms in total. The van der Waals surface area contributed by atoms with Crippen molar-refractivity contribution in [1.82, 2.24) is 0 Å². The Hall–Kier alpha value is -2.42. The minimum absolute atomic E-state index is 0.219. The zero-order chi connectivity index (χ0) is 18.4. The molecule has 0 spiro atoms. The molecule has 25 heavy (non-hydrogen) atoms. The molecule has 0 heterocycles. The summed E-state index contributed by atoms with van der Waals surface area (Å²) in [6.45, 7) is 8.36. The molecule has 0 saturated heterocycles. The van der Waals surface area contributed by atoms with E-state index >= 15 is 0 Å². The number of anilines is 1. The lowest BCUT2D eigenvalue weighted by Gasteiger charge is -2.19. The molecule has 2 aromatic rings. The Morgan fingerprint density at radius 2 is 1.40 bits per heavy atom. The van der Waals surface area contributed by atoms with Gasteiger partial charge in [0.2, 0.25) is 5.78 Å². The molecule has 0 aliphatic carbocycles. The van der Waals surface area contributed by atoms with E-state index in [1.807, 2.05) is 48.5 Å². The van der Waals surface area contributed by atoms with Gasteiger partial charge in [0.05, 0.1) is 0 Å². The molecule has 0 atom stereocenters. The van der Waals surface area contributed by atoms with Crippen molar-refractivity contribution >= 4 is 17.4 Å². The smallest absolute Gasteiger partial charge is 0.291 e. The molecule has 0 radical (unpaired) electrons. The van der Waals surface area contributed by atoms with Crippen LogP contribution in [0, 0.1) is 0 Å². The second-order valence-electron chi connectivity index (χ2n) is 6.98. The summed E-state index contributed by atoms with van der Waals surface area (Å²) in [6, 6.07) is 15.8. The fourth-order valence-electron chi connectivity index (χ4n) is 2.89. The number of para-hydroxylation sites is 1. The molecule has 1 N–H and O–H groups in total. The van der Waals surface area contributed by atoms with Gasteiger partial charge in [-0.25, -0.2) is 0 Å². The minimum atomic E-state index is -0.522.